The highest BCUT2D eigenvalue weighted by Gasteiger charge is 2.46. The van der Waals surface area contributed by atoms with E-state index in [1.807, 2.05) is 67.8 Å². The molecule has 1 aliphatic rings. The van der Waals surface area contributed by atoms with E-state index in [0.717, 1.165) is 33.2 Å². The molecule has 0 radical (unpaired) electrons. The van der Waals surface area contributed by atoms with Crippen LogP contribution in [0.25, 0.3) is 22.0 Å². The second-order valence-corrected chi connectivity index (χ2v) is 12.6. The SMILES string of the molecule is CC(C)(C(=O)Nc1nc(-c2cccc3ccccc23)cs1)C1c2ccccc2S(O)(O)c2ccccc21. The van der Waals surface area contributed by atoms with E-state index in [1.165, 1.54) is 11.3 Å². The minimum Gasteiger partial charge on any atom is -0.301 e. The quantitative estimate of drug-likeness (QED) is 0.220. The molecular formula is C30H26N2O3S2. The zero-order chi connectivity index (χ0) is 25.8. The first kappa shape index (κ1) is 23.9. The second kappa shape index (κ2) is 8.82. The monoisotopic (exact) mass is 526 g/mol. The van der Waals surface area contributed by atoms with Crippen molar-refractivity contribution in [2.75, 3.05) is 5.32 Å². The molecule has 5 aromatic rings. The summed E-state index contributed by atoms with van der Waals surface area (Å²) in [6.07, 6.45) is 0. The van der Waals surface area contributed by atoms with Gasteiger partial charge in [-0.1, -0.05) is 92.7 Å². The summed E-state index contributed by atoms with van der Waals surface area (Å²) in [6, 6.07) is 28.9. The summed E-state index contributed by atoms with van der Waals surface area (Å²) in [5, 5.41) is 7.80. The highest BCUT2D eigenvalue weighted by molar-refractivity contribution is 8.24. The number of aromatic nitrogens is 1. The van der Waals surface area contributed by atoms with E-state index >= 15 is 0 Å². The predicted molar refractivity (Wildman–Crippen MR) is 152 cm³/mol. The third-order valence-electron chi connectivity index (χ3n) is 7.17. The molecule has 6 rings (SSSR count). The summed E-state index contributed by atoms with van der Waals surface area (Å²) in [5.41, 5.74) is 2.45. The maximum Gasteiger partial charge on any atom is 0.232 e. The fourth-order valence-corrected chi connectivity index (χ4v) is 7.82. The molecule has 0 fully saturated rings. The van der Waals surface area contributed by atoms with Gasteiger partial charge in [-0.15, -0.1) is 21.9 Å². The number of carbonyl (C=O) groups is 1. The molecule has 2 heterocycles. The number of thiazole rings is 1. The van der Waals surface area contributed by atoms with Crippen LogP contribution in [0.15, 0.2) is 106 Å². The Kier molecular flexibility index (Phi) is 5.69. The highest BCUT2D eigenvalue weighted by Crippen LogP contribution is 2.66. The van der Waals surface area contributed by atoms with Crippen LogP contribution in [0.4, 0.5) is 5.13 Å². The summed E-state index contributed by atoms with van der Waals surface area (Å²) in [5.74, 6) is -0.545. The number of carbonyl (C=O) groups excluding carboxylic acids is 1. The van der Waals surface area contributed by atoms with Crippen LogP contribution >= 0.6 is 21.9 Å². The van der Waals surface area contributed by atoms with Gasteiger partial charge in [-0.3, -0.25) is 13.9 Å². The van der Waals surface area contributed by atoms with Crippen LogP contribution in [0.2, 0.25) is 0 Å². The van der Waals surface area contributed by atoms with Crippen molar-refractivity contribution < 1.29 is 13.9 Å². The molecule has 186 valence electrons. The molecule has 0 aliphatic carbocycles. The normalized spacial score (nSPS) is 15.6. The van der Waals surface area contributed by atoms with Crippen molar-refractivity contribution in [1.29, 1.82) is 0 Å². The van der Waals surface area contributed by atoms with Gasteiger partial charge in [0.25, 0.3) is 0 Å². The van der Waals surface area contributed by atoms with Gasteiger partial charge in [-0.05, 0) is 34.0 Å². The van der Waals surface area contributed by atoms with E-state index in [2.05, 4.69) is 23.5 Å². The van der Waals surface area contributed by atoms with E-state index in [-0.39, 0.29) is 11.8 Å². The zero-order valence-corrected chi connectivity index (χ0v) is 22.0. The van der Waals surface area contributed by atoms with Crippen molar-refractivity contribution >= 4 is 43.7 Å². The molecule has 3 N–H and O–H groups in total. The maximum atomic E-state index is 13.8. The van der Waals surface area contributed by atoms with Crippen molar-refractivity contribution in [1.82, 2.24) is 4.98 Å². The lowest BCUT2D eigenvalue weighted by molar-refractivity contribution is -0.124. The summed E-state index contributed by atoms with van der Waals surface area (Å²) < 4.78 is 22.3. The topological polar surface area (TPSA) is 82.5 Å². The molecule has 1 aliphatic heterocycles. The molecule has 37 heavy (non-hydrogen) atoms. The Balaban J connectivity index is 1.35. The van der Waals surface area contributed by atoms with E-state index in [9.17, 15) is 13.9 Å². The van der Waals surface area contributed by atoms with E-state index in [4.69, 9.17) is 4.98 Å². The van der Waals surface area contributed by atoms with Gasteiger partial charge in [0.2, 0.25) is 5.91 Å². The van der Waals surface area contributed by atoms with E-state index in [1.54, 1.807) is 24.3 Å². The summed E-state index contributed by atoms with van der Waals surface area (Å²) >= 11 is 1.40. The molecule has 0 bridgehead atoms. The van der Waals surface area contributed by atoms with Crippen LogP contribution in [0, 0.1) is 5.41 Å². The number of amides is 1. The molecule has 1 amide bonds. The third kappa shape index (κ3) is 3.86. The maximum absolute atomic E-state index is 13.8. The molecule has 5 nitrogen and oxygen atoms in total. The lowest BCUT2D eigenvalue weighted by Crippen LogP contribution is -2.39. The first-order valence-electron chi connectivity index (χ1n) is 12.0. The molecular weight excluding hydrogens is 500 g/mol. The molecule has 0 unspecified atom stereocenters. The Hall–Kier alpha value is -3.49. The number of anilines is 1. The smallest absolute Gasteiger partial charge is 0.232 e. The van der Waals surface area contributed by atoms with E-state index < -0.39 is 16.0 Å². The zero-order valence-electron chi connectivity index (χ0n) is 20.4. The lowest BCUT2D eigenvalue weighted by atomic mass is 9.70. The van der Waals surface area contributed by atoms with Crippen LogP contribution in [-0.2, 0) is 4.79 Å². The number of hydrogen-bond donors (Lipinski definition) is 3. The van der Waals surface area contributed by atoms with Gasteiger partial charge in [0.1, 0.15) is 0 Å². The van der Waals surface area contributed by atoms with Crippen molar-refractivity contribution in [2.45, 2.75) is 29.6 Å². The number of nitrogens with zero attached hydrogens (tertiary/aromatic N) is 1. The number of nitrogens with one attached hydrogen (secondary N) is 1. The van der Waals surface area contributed by atoms with Crippen LogP contribution < -0.4 is 5.32 Å². The molecule has 0 saturated carbocycles. The summed E-state index contributed by atoms with van der Waals surface area (Å²) in [6.45, 7) is 3.80. The molecule has 0 spiro atoms. The Morgan fingerprint density at radius 3 is 2.16 bits per heavy atom. The van der Waals surface area contributed by atoms with Gasteiger partial charge in [-0.25, -0.2) is 4.98 Å². The number of fused-ring (bicyclic) bond motifs is 3. The first-order chi connectivity index (χ1) is 17.8. The van der Waals surface area contributed by atoms with Gasteiger partial charge >= 0.3 is 0 Å². The van der Waals surface area contributed by atoms with Gasteiger partial charge in [0.05, 0.1) is 20.9 Å². The third-order valence-corrected chi connectivity index (χ3v) is 9.90. The largest absolute Gasteiger partial charge is 0.301 e. The van der Waals surface area contributed by atoms with Crippen molar-refractivity contribution in [3.8, 4) is 11.3 Å². The van der Waals surface area contributed by atoms with Crippen LogP contribution in [0.3, 0.4) is 0 Å². The van der Waals surface area contributed by atoms with Crippen molar-refractivity contribution in [3.63, 3.8) is 0 Å². The van der Waals surface area contributed by atoms with Crippen LogP contribution in [0.5, 0.6) is 0 Å². The van der Waals surface area contributed by atoms with E-state index in [0.29, 0.717) is 14.9 Å². The van der Waals surface area contributed by atoms with Gasteiger partial charge in [0, 0.05) is 16.9 Å². The summed E-state index contributed by atoms with van der Waals surface area (Å²) in [4.78, 5) is 19.5. The lowest BCUT2D eigenvalue weighted by Gasteiger charge is -2.46. The standard InChI is InChI=1S/C30H26N2O3S2/c1-30(2,27-22-13-5-7-16-25(22)37(34,35)26-17-8-6-14-23(26)27)28(33)32-29-31-24(18-36-29)21-15-9-11-19-10-3-4-12-20(19)21/h3-18,27,34-35H,1-2H3,(H,31,32,33). The Bertz CT molecular complexity index is 1600. The Morgan fingerprint density at radius 2 is 1.46 bits per heavy atom. The number of benzene rings is 4. The molecule has 0 atom stereocenters. The van der Waals surface area contributed by atoms with Crippen LogP contribution in [-0.4, -0.2) is 20.0 Å². The van der Waals surface area contributed by atoms with Crippen LogP contribution in [0.1, 0.15) is 30.9 Å². The average molecular weight is 527 g/mol. The van der Waals surface area contributed by atoms with Crippen molar-refractivity contribution in [2.24, 2.45) is 5.41 Å². The van der Waals surface area contributed by atoms with Gasteiger partial charge in [-0.2, -0.15) is 0 Å². The first-order valence-corrected chi connectivity index (χ1v) is 14.4. The van der Waals surface area contributed by atoms with Gasteiger partial charge in [0.15, 0.2) is 5.13 Å². The Morgan fingerprint density at radius 1 is 0.865 bits per heavy atom. The fraction of sp³-hybridized carbons (Fsp3) is 0.133. The number of rotatable bonds is 4. The summed E-state index contributed by atoms with van der Waals surface area (Å²) in [7, 11) is -3.17. The predicted octanol–water partition coefficient (Wildman–Crippen LogP) is 8.24. The molecule has 0 saturated heterocycles. The molecule has 1 aromatic heterocycles. The average Bonchev–Trinajstić information content (AvgIpc) is 3.36. The Labute approximate surface area is 221 Å². The van der Waals surface area contributed by atoms with Gasteiger partial charge < -0.3 is 5.32 Å². The minimum absolute atomic E-state index is 0.181. The molecule has 7 heteroatoms. The highest BCUT2D eigenvalue weighted by atomic mass is 32.3. The fourth-order valence-electron chi connectivity index (χ4n) is 5.31. The minimum atomic E-state index is -3.17. The molecule has 4 aromatic carbocycles. The second-order valence-electron chi connectivity index (χ2n) is 9.80. The van der Waals surface area contributed by atoms with Crippen molar-refractivity contribution in [3.05, 3.63) is 108 Å². The number of hydrogen-bond acceptors (Lipinski definition) is 5.